The van der Waals surface area contributed by atoms with Crippen LogP contribution in [0, 0.1) is 5.92 Å². The number of amides is 3. The lowest BCUT2D eigenvalue weighted by atomic mass is 9.96. The van der Waals surface area contributed by atoms with Crippen molar-refractivity contribution in [2.75, 3.05) is 65.6 Å². The zero-order valence-corrected chi connectivity index (χ0v) is 19.0. The summed E-state index contributed by atoms with van der Waals surface area (Å²) in [7, 11) is 0. The van der Waals surface area contributed by atoms with Gasteiger partial charge in [0.1, 0.15) is 0 Å². The van der Waals surface area contributed by atoms with Crippen LogP contribution in [0.5, 0.6) is 0 Å². The molecule has 2 aliphatic heterocycles. The fourth-order valence-electron chi connectivity index (χ4n) is 4.02. The van der Waals surface area contributed by atoms with E-state index in [0.717, 1.165) is 71.3 Å². The summed E-state index contributed by atoms with van der Waals surface area (Å²) in [5.41, 5.74) is 0. The van der Waals surface area contributed by atoms with Crippen LogP contribution in [-0.4, -0.2) is 93.5 Å². The number of nitrogens with one attached hydrogen (secondary N) is 2. The summed E-state index contributed by atoms with van der Waals surface area (Å²) in [5, 5.41) is 6.03. The van der Waals surface area contributed by atoms with Gasteiger partial charge in [-0.3, -0.25) is 4.79 Å². The van der Waals surface area contributed by atoms with E-state index in [2.05, 4.69) is 29.4 Å². The average molecular weight is 427 g/mol. The molecule has 30 heavy (non-hydrogen) atoms. The summed E-state index contributed by atoms with van der Waals surface area (Å²) >= 11 is 0. The lowest BCUT2D eigenvalue weighted by Gasteiger charge is -2.31. The van der Waals surface area contributed by atoms with E-state index in [1.807, 2.05) is 4.90 Å². The molecule has 0 aliphatic carbocycles. The van der Waals surface area contributed by atoms with Crippen LogP contribution in [-0.2, 0) is 14.3 Å². The van der Waals surface area contributed by atoms with Crippen LogP contribution in [0.3, 0.4) is 0 Å². The van der Waals surface area contributed by atoms with Gasteiger partial charge in [0.2, 0.25) is 5.91 Å². The van der Waals surface area contributed by atoms with Gasteiger partial charge in [-0.15, -0.1) is 0 Å². The molecule has 0 aromatic heterocycles. The second-order valence-corrected chi connectivity index (χ2v) is 8.23. The van der Waals surface area contributed by atoms with Crippen molar-refractivity contribution >= 4 is 11.9 Å². The number of hydrogen-bond donors (Lipinski definition) is 2. The first kappa shape index (κ1) is 24.9. The Morgan fingerprint density at radius 3 is 2.47 bits per heavy atom. The van der Waals surface area contributed by atoms with E-state index in [0.29, 0.717) is 32.8 Å². The zero-order valence-electron chi connectivity index (χ0n) is 19.0. The third-order valence-corrected chi connectivity index (χ3v) is 6.07. The highest BCUT2D eigenvalue weighted by Gasteiger charge is 2.27. The number of carbonyl (C=O) groups is 2. The Morgan fingerprint density at radius 1 is 1.07 bits per heavy atom. The van der Waals surface area contributed by atoms with Gasteiger partial charge >= 0.3 is 6.03 Å². The highest BCUT2D eigenvalue weighted by molar-refractivity contribution is 5.79. The van der Waals surface area contributed by atoms with Crippen molar-refractivity contribution in [1.82, 2.24) is 20.4 Å². The number of ether oxygens (including phenoxy) is 2. The first-order valence-corrected chi connectivity index (χ1v) is 11.9. The van der Waals surface area contributed by atoms with Gasteiger partial charge in [-0.05, 0) is 58.2 Å². The summed E-state index contributed by atoms with van der Waals surface area (Å²) in [5.74, 6) is 0.159. The summed E-state index contributed by atoms with van der Waals surface area (Å²) in [6.07, 6.45) is 5.71. The molecule has 1 unspecified atom stereocenters. The molecule has 3 amide bonds. The van der Waals surface area contributed by atoms with Crippen LogP contribution in [0.25, 0.3) is 0 Å². The molecular formula is C22H42N4O4. The van der Waals surface area contributed by atoms with Gasteiger partial charge in [-0.1, -0.05) is 13.8 Å². The molecule has 1 atom stereocenters. The van der Waals surface area contributed by atoms with Gasteiger partial charge in [0.25, 0.3) is 0 Å². The second kappa shape index (κ2) is 14.6. The molecule has 0 aromatic carbocycles. The van der Waals surface area contributed by atoms with Gasteiger partial charge in [-0.2, -0.15) is 0 Å². The summed E-state index contributed by atoms with van der Waals surface area (Å²) in [6.45, 7) is 12.2. The number of likely N-dealkylation sites (tertiary alicyclic amines) is 1. The fraction of sp³-hybridized carbons (Fsp3) is 0.909. The predicted octanol–water partition coefficient (Wildman–Crippen LogP) is 1.84. The Labute approximate surface area is 182 Å². The molecular weight excluding hydrogens is 384 g/mol. The Kier molecular flexibility index (Phi) is 12.1. The number of hydrogen-bond acceptors (Lipinski definition) is 5. The molecule has 8 heteroatoms. The van der Waals surface area contributed by atoms with Gasteiger partial charge < -0.3 is 29.9 Å². The van der Waals surface area contributed by atoms with Gasteiger partial charge in [0.05, 0.1) is 12.7 Å². The maximum atomic E-state index is 12.4. The molecule has 0 aromatic rings. The topological polar surface area (TPSA) is 83.1 Å². The van der Waals surface area contributed by atoms with E-state index in [4.69, 9.17) is 9.47 Å². The van der Waals surface area contributed by atoms with Crippen molar-refractivity contribution in [3.05, 3.63) is 0 Å². The smallest absolute Gasteiger partial charge is 0.317 e. The molecule has 2 fully saturated rings. The SMILES string of the molecule is CCN(CC)CCCNC(=O)C1CCN(C(=O)NCCCOCC2CCCO2)CC1. The number of nitrogens with zero attached hydrogens (tertiary/aromatic N) is 2. The summed E-state index contributed by atoms with van der Waals surface area (Å²) in [4.78, 5) is 28.8. The van der Waals surface area contributed by atoms with Crippen molar-refractivity contribution in [2.45, 2.75) is 58.5 Å². The molecule has 2 N–H and O–H groups in total. The van der Waals surface area contributed by atoms with Gasteiger partial charge in [0, 0.05) is 45.3 Å². The van der Waals surface area contributed by atoms with Crippen molar-refractivity contribution in [2.24, 2.45) is 5.92 Å². The van der Waals surface area contributed by atoms with Crippen molar-refractivity contribution in [1.29, 1.82) is 0 Å². The molecule has 8 nitrogen and oxygen atoms in total. The third kappa shape index (κ3) is 9.18. The lowest BCUT2D eigenvalue weighted by molar-refractivity contribution is -0.126. The second-order valence-electron chi connectivity index (χ2n) is 8.23. The van der Waals surface area contributed by atoms with Crippen LogP contribution in [0.2, 0.25) is 0 Å². The maximum absolute atomic E-state index is 12.4. The number of urea groups is 1. The first-order valence-electron chi connectivity index (χ1n) is 11.9. The summed E-state index contributed by atoms with van der Waals surface area (Å²) in [6, 6.07) is -0.0350. The molecule has 174 valence electrons. The minimum absolute atomic E-state index is 0.0220. The summed E-state index contributed by atoms with van der Waals surface area (Å²) < 4.78 is 11.1. The predicted molar refractivity (Wildman–Crippen MR) is 118 cm³/mol. The van der Waals surface area contributed by atoms with E-state index in [-0.39, 0.29) is 24.0 Å². The van der Waals surface area contributed by atoms with E-state index >= 15 is 0 Å². The molecule has 0 spiro atoms. The Hall–Kier alpha value is -1.38. The fourth-order valence-corrected chi connectivity index (χ4v) is 4.02. The minimum Gasteiger partial charge on any atom is -0.379 e. The largest absolute Gasteiger partial charge is 0.379 e. The standard InChI is InChI=1S/C22H42N4O4/c1-3-25(4-2)13-6-11-23-21(27)19-9-14-26(15-10-19)22(28)24-12-7-16-29-18-20-8-5-17-30-20/h19-20H,3-18H2,1-2H3,(H,23,27)(H,24,28). The van der Waals surface area contributed by atoms with E-state index in [9.17, 15) is 9.59 Å². The molecule has 0 bridgehead atoms. The van der Waals surface area contributed by atoms with Crippen LogP contribution in [0.1, 0.15) is 52.4 Å². The maximum Gasteiger partial charge on any atom is 0.317 e. The quantitative estimate of drug-likeness (QED) is 0.439. The number of rotatable bonds is 13. The number of carbonyl (C=O) groups excluding carboxylic acids is 2. The van der Waals surface area contributed by atoms with Crippen molar-refractivity contribution in [3.8, 4) is 0 Å². The van der Waals surface area contributed by atoms with E-state index < -0.39 is 0 Å². The van der Waals surface area contributed by atoms with Crippen molar-refractivity contribution < 1.29 is 19.1 Å². The normalized spacial score (nSPS) is 20.0. The molecule has 2 rings (SSSR count). The Morgan fingerprint density at radius 2 is 1.80 bits per heavy atom. The van der Waals surface area contributed by atoms with Crippen LogP contribution >= 0.6 is 0 Å². The minimum atomic E-state index is -0.0350. The molecule has 2 aliphatic rings. The average Bonchev–Trinajstić information content (AvgIpc) is 3.29. The third-order valence-electron chi connectivity index (χ3n) is 6.07. The number of piperidine rings is 1. The van der Waals surface area contributed by atoms with Crippen molar-refractivity contribution in [3.63, 3.8) is 0 Å². The van der Waals surface area contributed by atoms with Crippen LogP contribution in [0.15, 0.2) is 0 Å². The Balaban J connectivity index is 1.48. The molecule has 0 radical (unpaired) electrons. The van der Waals surface area contributed by atoms with Gasteiger partial charge in [-0.25, -0.2) is 4.79 Å². The first-order chi connectivity index (χ1) is 14.6. The van der Waals surface area contributed by atoms with Crippen LogP contribution in [0.4, 0.5) is 4.79 Å². The molecule has 0 saturated carbocycles. The van der Waals surface area contributed by atoms with E-state index in [1.54, 1.807) is 0 Å². The van der Waals surface area contributed by atoms with Gasteiger partial charge in [0.15, 0.2) is 0 Å². The highest BCUT2D eigenvalue weighted by Crippen LogP contribution is 2.17. The molecule has 2 heterocycles. The Bertz CT molecular complexity index is 488. The monoisotopic (exact) mass is 426 g/mol. The zero-order chi connectivity index (χ0) is 21.6. The van der Waals surface area contributed by atoms with E-state index in [1.165, 1.54) is 0 Å². The highest BCUT2D eigenvalue weighted by atomic mass is 16.5. The molecule has 2 saturated heterocycles. The van der Waals surface area contributed by atoms with Crippen LogP contribution < -0.4 is 10.6 Å². The lowest BCUT2D eigenvalue weighted by Crippen LogP contribution is -2.47.